The van der Waals surface area contributed by atoms with Gasteiger partial charge in [0.15, 0.2) is 0 Å². The van der Waals surface area contributed by atoms with E-state index in [1.807, 2.05) is 36.4 Å². The molecule has 7 heteroatoms. The van der Waals surface area contributed by atoms with Crippen molar-refractivity contribution in [1.82, 2.24) is 0 Å². The maximum absolute atomic E-state index is 8.55. The average Bonchev–Trinajstić information content (AvgIpc) is 2.03. The third-order valence-corrected chi connectivity index (χ3v) is 1.04. The molecule has 0 saturated heterocycles. The van der Waals surface area contributed by atoms with Crippen LogP contribution in [0, 0.1) is 0 Å². The first-order chi connectivity index (χ1) is 5.93. The molecule has 1 aromatic rings. The normalized spacial score (nSPS) is 8.47. The van der Waals surface area contributed by atoms with Gasteiger partial charge in [0.1, 0.15) is 0 Å². The number of hydrogen-bond acceptors (Lipinski definition) is 4. The molecule has 1 aromatic carbocycles. The largest absolute Gasteiger partial charge is 2.00 e. The van der Waals surface area contributed by atoms with E-state index in [9.17, 15) is 0 Å². The first-order valence-corrected chi connectivity index (χ1v) is 4.80. The molecular weight excluding hydrogens is 254 g/mol. The van der Waals surface area contributed by atoms with Crippen molar-refractivity contribution in [3.8, 4) is 0 Å². The van der Waals surface area contributed by atoms with Gasteiger partial charge in [0, 0.05) is 0 Å². The molecule has 0 heterocycles. The van der Waals surface area contributed by atoms with Gasteiger partial charge < -0.3 is 19.2 Å². The van der Waals surface area contributed by atoms with Crippen molar-refractivity contribution in [2.24, 2.45) is 0 Å². The van der Waals surface area contributed by atoms with E-state index in [0.29, 0.717) is 0 Å². The zero-order chi connectivity index (χ0) is 10.3. The van der Waals surface area contributed by atoms with E-state index in [0.717, 1.165) is 0 Å². The summed E-state index contributed by atoms with van der Waals surface area (Å²) < 4.78 is 8.55. The minimum atomic E-state index is -5.39. The third-order valence-electron chi connectivity index (χ3n) is 1.04. The second kappa shape index (κ2) is 10.7. The molecule has 0 aromatic heterocycles. The smallest absolute Gasteiger partial charge is 0.822 e. The fourth-order valence-corrected chi connectivity index (χ4v) is 0.589. The molecule has 0 saturated carbocycles. The molecular formula is C8H8FeLiO4P. The van der Waals surface area contributed by atoms with Gasteiger partial charge in [-0.3, -0.25) is 0 Å². The fraction of sp³-hybridized carbons (Fsp3) is 0. The summed E-state index contributed by atoms with van der Waals surface area (Å²) in [6, 6.07) is 10.0. The van der Waals surface area contributed by atoms with Crippen molar-refractivity contribution in [1.29, 1.82) is 0 Å². The van der Waals surface area contributed by atoms with Crippen molar-refractivity contribution >= 4 is 13.9 Å². The van der Waals surface area contributed by atoms with Crippen LogP contribution in [-0.4, -0.2) is 0 Å². The Hall–Kier alpha value is 0.187. The maximum Gasteiger partial charge on any atom is 2.00 e. The van der Waals surface area contributed by atoms with Gasteiger partial charge in [-0.1, -0.05) is 43.0 Å². The summed E-state index contributed by atoms with van der Waals surface area (Å²) in [6.07, 6.45) is 1.83. The van der Waals surface area contributed by atoms with E-state index in [2.05, 4.69) is 6.58 Å². The molecule has 0 amide bonds. The van der Waals surface area contributed by atoms with Gasteiger partial charge in [0.2, 0.25) is 0 Å². The Kier molecular flexibility index (Phi) is 14.7. The maximum atomic E-state index is 8.55. The molecule has 0 aliphatic heterocycles. The van der Waals surface area contributed by atoms with E-state index in [-0.39, 0.29) is 35.9 Å². The van der Waals surface area contributed by atoms with Crippen LogP contribution in [0.2, 0.25) is 0 Å². The van der Waals surface area contributed by atoms with Crippen molar-refractivity contribution < 1.29 is 55.2 Å². The zero-order valence-corrected chi connectivity index (χ0v) is 10.1. The Balaban J connectivity index is -0.000000185. The molecule has 1 rings (SSSR count). The summed E-state index contributed by atoms with van der Waals surface area (Å²) in [5.74, 6) is 0. The van der Waals surface area contributed by atoms with Gasteiger partial charge in [-0.25, -0.2) is 0 Å². The first-order valence-electron chi connectivity index (χ1n) is 3.34. The topological polar surface area (TPSA) is 86.2 Å². The molecule has 15 heavy (non-hydrogen) atoms. The molecule has 0 fully saturated rings. The summed E-state index contributed by atoms with van der Waals surface area (Å²) >= 11 is 0. The summed E-state index contributed by atoms with van der Waals surface area (Å²) in [4.78, 5) is 25.6. The second-order valence-corrected chi connectivity index (χ2v) is 2.96. The van der Waals surface area contributed by atoms with Crippen LogP contribution in [0.15, 0.2) is 36.9 Å². The third kappa shape index (κ3) is 20.3. The van der Waals surface area contributed by atoms with E-state index in [1.165, 1.54) is 5.56 Å². The minimum absolute atomic E-state index is 0. The monoisotopic (exact) mass is 262 g/mol. The summed E-state index contributed by atoms with van der Waals surface area (Å²) in [6.45, 7) is 3.63. The van der Waals surface area contributed by atoms with Gasteiger partial charge in [-0.05, 0) is 5.56 Å². The summed E-state index contributed by atoms with van der Waals surface area (Å²) in [7, 11) is -5.39. The van der Waals surface area contributed by atoms with Crippen LogP contribution in [0.25, 0.3) is 6.08 Å². The second-order valence-electron chi connectivity index (χ2n) is 2.06. The standard InChI is InChI=1S/C8H8.Fe.Li.H3O4P/c1-2-8-6-4-3-5-7-8;;;1-5(2,3)4/h2-7H,1H2;;;(H3,1,2,3,4)/q;+2;+1;/p-3. The Bertz CT molecular complexity index is 293. The predicted octanol–water partition coefficient (Wildman–Crippen LogP) is -3.49. The van der Waals surface area contributed by atoms with Crippen LogP contribution in [-0.2, 0) is 21.6 Å². The molecule has 0 aliphatic rings. The van der Waals surface area contributed by atoms with Crippen molar-refractivity contribution in [2.75, 3.05) is 0 Å². The molecule has 0 aliphatic carbocycles. The molecule has 0 N–H and O–H groups in total. The van der Waals surface area contributed by atoms with Gasteiger partial charge in [-0.15, -0.1) is 0 Å². The molecule has 4 nitrogen and oxygen atoms in total. The molecule has 0 atom stereocenters. The Labute approximate surface area is 111 Å². The first kappa shape index (κ1) is 20.6. The zero-order valence-electron chi connectivity index (χ0n) is 8.10. The van der Waals surface area contributed by atoms with Crippen molar-refractivity contribution in [3.05, 3.63) is 42.5 Å². The van der Waals surface area contributed by atoms with Crippen LogP contribution < -0.4 is 33.5 Å². The van der Waals surface area contributed by atoms with Crippen molar-refractivity contribution in [2.45, 2.75) is 0 Å². The van der Waals surface area contributed by atoms with E-state index < -0.39 is 7.82 Å². The summed E-state index contributed by atoms with van der Waals surface area (Å²) in [5, 5.41) is 0. The number of rotatable bonds is 1. The van der Waals surface area contributed by atoms with Crippen LogP contribution >= 0.6 is 7.82 Å². The average molecular weight is 262 g/mol. The number of phosphoric acid groups is 1. The van der Waals surface area contributed by atoms with Gasteiger partial charge >= 0.3 is 35.9 Å². The molecule has 0 spiro atoms. The SMILES string of the molecule is C=Cc1ccccc1.O=P([O-])([O-])[O-].[Fe+2].[Li+]. The van der Waals surface area contributed by atoms with Crippen LogP contribution in [0.4, 0.5) is 0 Å². The van der Waals surface area contributed by atoms with Gasteiger partial charge in [0.25, 0.3) is 0 Å². The van der Waals surface area contributed by atoms with E-state index in [4.69, 9.17) is 19.2 Å². The van der Waals surface area contributed by atoms with Gasteiger partial charge in [0.05, 0.1) is 0 Å². The Morgan fingerprint density at radius 1 is 1.13 bits per heavy atom. The quantitative estimate of drug-likeness (QED) is 0.388. The van der Waals surface area contributed by atoms with Crippen LogP contribution in [0.1, 0.15) is 5.56 Å². The Morgan fingerprint density at radius 3 is 1.67 bits per heavy atom. The molecule has 0 unspecified atom stereocenters. The van der Waals surface area contributed by atoms with E-state index >= 15 is 0 Å². The number of hydrogen-bond donors (Lipinski definition) is 0. The van der Waals surface area contributed by atoms with Crippen LogP contribution in [0.3, 0.4) is 0 Å². The molecule has 0 radical (unpaired) electrons. The molecule has 0 bridgehead atoms. The molecule has 78 valence electrons. The Morgan fingerprint density at radius 2 is 1.47 bits per heavy atom. The van der Waals surface area contributed by atoms with Crippen molar-refractivity contribution in [3.63, 3.8) is 0 Å². The summed E-state index contributed by atoms with van der Waals surface area (Å²) in [5.41, 5.74) is 1.17. The van der Waals surface area contributed by atoms with E-state index in [1.54, 1.807) is 0 Å². The van der Waals surface area contributed by atoms with Gasteiger partial charge in [-0.2, -0.15) is 7.82 Å². The fourth-order valence-electron chi connectivity index (χ4n) is 0.589. The minimum Gasteiger partial charge on any atom is -0.822 e. The number of benzene rings is 1. The van der Waals surface area contributed by atoms with Crippen LogP contribution in [0.5, 0.6) is 0 Å². The predicted molar refractivity (Wildman–Crippen MR) is 44.1 cm³/mol.